The zero-order chi connectivity index (χ0) is 21.9. The molecule has 0 spiro atoms. The molecule has 0 bridgehead atoms. The number of sulfonamides is 1. The summed E-state index contributed by atoms with van der Waals surface area (Å²) < 4.78 is 33.0. The van der Waals surface area contributed by atoms with E-state index < -0.39 is 15.9 Å². The van der Waals surface area contributed by atoms with Crippen molar-refractivity contribution in [1.29, 1.82) is 0 Å². The quantitative estimate of drug-likeness (QED) is 0.584. The fraction of sp³-hybridized carbons (Fsp3) is 0.174. The van der Waals surface area contributed by atoms with Gasteiger partial charge in [0.25, 0.3) is 15.9 Å². The molecule has 0 radical (unpaired) electrons. The lowest BCUT2D eigenvalue weighted by molar-refractivity contribution is 0.0981. The predicted molar refractivity (Wildman–Crippen MR) is 118 cm³/mol. The summed E-state index contributed by atoms with van der Waals surface area (Å²) in [5.74, 6) is -0.212. The molecule has 3 aromatic rings. The van der Waals surface area contributed by atoms with E-state index in [9.17, 15) is 13.2 Å². The van der Waals surface area contributed by atoms with Crippen LogP contribution >= 0.6 is 11.6 Å². The number of rotatable bonds is 6. The Labute approximate surface area is 181 Å². The van der Waals surface area contributed by atoms with Gasteiger partial charge in [-0.3, -0.25) is 4.79 Å². The summed E-state index contributed by atoms with van der Waals surface area (Å²) in [5.41, 5.74) is 4.36. The van der Waals surface area contributed by atoms with Crippen LogP contribution in [0.1, 0.15) is 32.6 Å². The van der Waals surface area contributed by atoms with E-state index >= 15 is 0 Å². The number of amides is 1. The highest BCUT2D eigenvalue weighted by Gasteiger charge is 2.19. The molecular weight excluding hydrogens is 422 g/mol. The van der Waals surface area contributed by atoms with Crippen molar-refractivity contribution in [3.63, 3.8) is 0 Å². The molecule has 0 aliphatic rings. The van der Waals surface area contributed by atoms with Crippen molar-refractivity contribution in [1.82, 2.24) is 4.72 Å². The number of hydrogen-bond acceptors (Lipinski definition) is 4. The van der Waals surface area contributed by atoms with E-state index in [1.807, 2.05) is 39.0 Å². The number of benzene rings is 3. The van der Waals surface area contributed by atoms with Crippen molar-refractivity contribution in [2.75, 3.05) is 0 Å². The van der Waals surface area contributed by atoms with E-state index in [2.05, 4.69) is 4.72 Å². The molecule has 0 aromatic heterocycles. The van der Waals surface area contributed by atoms with Gasteiger partial charge in [0.05, 0.1) is 4.90 Å². The van der Waals surface area contributed by atoms with Crippen molar-refractivity contribution >= 4 is 27.5 Å². The van der Waals surface area contributed by atoms with Crippen molar-refractivity contribution in [2.45, 2.75) is 32.3 Å². The molecule has 3 aromatic carbocycles. The van der Waals surface area contributed by atoms with Crippen LogP contribution in [0.2, 0.25) is 5.02 Å². The van der Waals surface area contributed by atoms with Gasteiger partial charge in [-0.1, -0.05) is 35.9 Å². The predicted octanol–water partition coefficient (Wildman–Crippen LogP) is 4.96. The lowest BCUT2D eigenvalue weighted by Gasteiger charge is -2.14. The van der Waals surface area contributed by atoms with Gasteiger partial charge in [0.15, 0.2) is 0 Å². The Morgan fingerprint density at radius 3 is 2.20 bits per heavy atom. The molecule has 0 unspecified atom stereocenters. The fourth-order valence-electron chi connectivity index (χ4n) is 2.98. The van der Waals surface area contributed by atoms with Crippen molar-refractivity contribution in [2.24, 2.45) is 0 Å². The molecular formula is C23H22ClNO4S. The molecule has 5 nitrogen and oxygen atoms in total. The van der Waals surface area contributed by atoms with Gasteiger partial charge in [0.1, 0.15) is 12.4 Å². The number of nitrogens with one attached hydrogen (secondary N) is 1. The molecule has 0 saturated carbocycles. The summed E-state index contributed by atoms with van der Waals surface area (Å²) in [6.45, 7) is 6.26. The highest BCUT2D eigenvalue weighted by Crippen LogP contribution is 2.23. The first-order valence-corrected chi connectivity index (χ1v) is 11.1. The summed E-state index contributed by atoms with van der Waals surface area (Å²) in [5, 5.41) is 0.407. The van der Waals surface area contributed by atoms with Crippen LogP contribution in [0.15, 0.2) is 65.6 Å². The minimum Gasteiger partial charge on any atom is -0.489 e. The first kappa shape index (κ1) is 21.9. The third-order valence-corrected chi connectivity index (χ3v) is 6.42. The number of carbonyl (C=O) groups excluding carboxylic acids is 1. The second kappa shape index (κ2) is 8.90. The average molecular weight is 444 g/mol. The molecule has 3 rings (SSSR count). The van der Waals surface area contributed by atoms with Gasteiger partial charge in [-0.25, -0.2) is 13.1 Å². The third-order valence-electron chi connectivity index (χ3n) is 4.82. The lowest BCUT2D eigenvalue weighted by Crippen LogP contribution is -2.30. The number of aryl methyl sites for hydroxylation is 3. The Morgan fingerprint density at radius 2 is 1.57 bits per heavy atom. The van der Waals surface area contributed by atoms with Crippen LogP contribution in [-0.2, 0) is 16.6 Å². The maximum Gasteiger partial charge on any atom is 0.265 e. The molecule has 0 heterocycles. The summed E-state index contributed by atoms with van der Waals surface area (Å²) in [6, 6.07) is 16.4. The van der Waals surface area contributed by atoms with Crippen LogP contribution in [-0.4, -0.2) is 14.3 Å². The lowest BCUT2D eigenvalue weighted by atomic mass is 10.0. The Bertz CT molecular complexity index is 1170. The van der Waals surface area contributed by atoms with Gasteiger partial charge in [-0.15, -0.1) is 0 Å². The van der Waals surface area contributed by atoms with Crippen LogP contribution in [0.4, 0.5) is 0 Å². The number of hydrogen-bond donors (Lipinski definition) is 1. The normalized spacial score (nSPS) is 11.2. The van der Waals surface area contributed by atoms with Crippen molar-refractivity contribution in [3.8, 4) is 5.75 Å². The standard InChI is InChI=1S/C23H22ClNO4S/c1-15-5-4-6-16(2)21(15)14-29-22-13-18(8-7-17(22)3)23(26)25-30(27,28)20-11-9-19(24)10-12-20/h4-13H,14H2,1-3H3,(H,25,26). The highest BCUT2D eigenvalue weighted by atomic mass is 35.5. The maximum atomic E-state index is 12.6. The molecule has 0 saturated heterocycles. The molecule has 1 N–H and O–H groups in total. The van der Waals surface area contributed by atoms with Gasteiger partial charge in [0.2, 0.25) is 0 Å². The Hall–Kier alpha value is -2.83. The monoisotopic (exact) mass is 443 g/mol. The van der Waals surface area contributed by atoms with Gasteiger partial charge in [-0.05, 0) is 79.4 Å². The number of carbonyl (C=O) groups is 1. The average Bonchev–Trinajstić information content (AvgIpc) is 2.68. The minimum atomic E-state index is -4.01. The Balaban J connectivity index is 1.78. The SMILES string of the molecule is Cc1ccc(C(=O)NS(=O)(=O)c2ccc(Cl)cc2)cc1OCc1c(C)cccc1C. The summed E-state index contributed by atoms with van der Waals surface area (Å²) in [4.78, 5) is 12.5. The second-order valence-corrected chi connectivity index (χ2v) is 9.15. The maximum absolute atomic E-state index is 12.6. The van der Waals surface area contributed by atoms with Gasteiger partial charge >= 0.3 is 0 Å². The summed E-state index contributed by atoms with van der Waals surface area (Å²) in [7, 11) is -4.01. The molecule has 7 heteroatoms. The van der Waals surface area contributed by atoms with E-state index in [4.69, 9.17) is 16.3 Å². The highest BCUT2D eigenvalue weighted by molar-refractivity contribution is 7.90. The molecule has 0 aliphatic heterocycles. The zero-order valence-electron chi connectivity index (χ0n) is 16.9. The van der Waals surface area contributed by atoms with Gasteiger partial charge in [-0.2, -0.15) is 0 Å². The molecule has 0 fully saturated rings. The topological polar surface area (TPSA) is 72.5 Å². The molecule has 0 atom stereocenters. The smallest absolute Gasteiger partial charge is 0.265 e. The van der Waals surface area contributed by atoms with Crippen LogP contribution < -0.4 is 9.46 Å². The van der Waals surface area contributed by atoms with E-state index in [0.717, 1.165) is 22.3 Å². The third kappa shape index (κ3) is 5.01. The fourth-order valence-corrected chi connectivity index (χ4v) is 4.08. The largest absolute Gasteiger partial charge is 0.489 e. The van der Waals surface area contributed by atoms with Crippen LogP contribution in [0.5, 0.6) is 5.75 Å². The van der Waals surface area contributed by atoms with Crippen LogP contribution in [0.25, 0.3) is 0 Å². The minimum absolute atomic E-state index is 0.0427. The van der Waals surface area contributed by atoms with Crippen molar-refractivity contribution in [3.05, 3.63) is 93.5 Å². The summed E-state index contributed by atoms with van der Waals surface area (Å²) in [6.07, 6.45) is 0. The van der Waals surface area contributed by atoms with E-state index in [-0.39, 0.29) is 10.5 Å². The van der Waals surface area contributed by atoms with Crippen molar-refractivity contribution < 1.29 is 17.9 Å². The van der Waals surface area contributed by atoms with E-state index in [1.165, 1.54) is 24.3 Å². The number of halogens is 1. The zero-order valence-corrected chi connectivity index (χ0v) is 18.5. The summed E-state index contributed by atoms with van der Waals surface area (Å²) >= 11 is 5.79. The van der Waals surface area contributed by atoms with Gasteiger partial charge in [0, 0.05) is 10.6 Å². The first-order valence-electron chi connectivity index (χ1n) is 9.28. The Kier molecular flexibility index (Phi) is 6.48. The van der Waals surface area contributed by atoms with E-state index in [1.54, 1.807) is 18.2 Å². The first-order chi connectivity index (χ1) is 14.2. The number of ether oxygens (including phenoxy) is 1. The molecule has 30 heavy (non-hydrogen) atoms. The van der Waals surface area contributed by atoms with Crippen LogP contribution in [0.3, 0.4) is 0 Å². The Morgan fingerprint density at radius 1 is 0.933 bits per heavy atom. The second-order valence-electron chi connectivity index (χ2n) is 7.03. The van der Waals surface area contributed by atoms with E-state index in [0.29, 0.717) is 17.4 Å². The van der Waals surface area contributed by atoms with Crippen LogP contribution in [0, 0.1) is 20.8 Å². The molecule has 0 aliphatic carbocycles. The molecule has 156 valence electrons. The van der Waals surface area contributed by atoms with Gasteiger partial charge < -0.3 is 4.74 Å². The molecule has 1 amide bonds.